The highest BCUT2D eigenvalue weighted by atomic mass is 35.5. The molecule has 0 spiro atoms. The van der Waals surface area contributed by atoms with E-state index in [1.54, 1.807) is 31.4 Å². The number of hydrogen-bond donors (Lipinski definition) is 1. The monoisotopic (exact) mass is 343 g/mol. The number of ether oxygens (including phenoxy) is 1. The molecule has 1 heterocycles. The van der Waals surface area contributed by atoms with E-state index in [0.29, 0.717) is 10.9 Å². The third-order valence-electron chi connectivity index (χ3n) is 4.49. The summed E-state index contributed by atoms with van der Waals surface area (Å²) in [5, 5.41) is 13.8. The lowest BCUT2D eigenvalue weighted by Gasteiger charge is -2.28. The number of rotatable bonds is 3. The molecule has 3 rings (SSSR count). The average Bonchev–Trinajstić information content (AvgIpc) is 2.61. The van der Waals surface area contributed by atoms with E-state index in [2.05, 4.69) is 16.4 Å². The predicted molar refractivity (Wildman–Crippen MR) is 92.0 cm³/mol. The third-order valence-corrected chi connectivity index (χ3v) is 4.68. The second-order valence-corrected chi connectivity index (χ2v) is 6.41. The first-order valence-electron chi connectivity index (χ1n) is 7.94. The second kappa shape index (κ2) is 7.16. The van der Waals surface area contributed by atoms with E-state index in [4.69, 9.17) is 21.6 Å². The highest BCUT2D eigenvalue weighted by Crippen LogP contribution is 2.24. The Kier molecular flexibility index (Phi) is 4.98. The summed E-state index contributed by atoms with van der Waals surface area (Å²) in [6, 6.07) is 9.05. The summed E-state index contributed by atoms with van der Waals surface area (Å²) in [6.45, 7) is 0. The van der Waals surface area contributed by atoms with Crippen molar-refractivity contribution in [1.29, 1.82) is 5.26 Å². The van der Waals surface area contributed by atoms with Gasteiger partial charge in [-0.2, -0.15) is 5.26 Å². The molecular formula is C18H18ClN3O2. The molecule has 0 radical (unpaired) electrons. The zero-order valence-corrected chi connectivity index (χ0v) is 14.1. The standard InChI is InChI=1S/C18H18ClN3O2/c1-24-14-6-4-13(5-7-14)21-18(23)17-15-8-11(10-20)2-3-12(15)9-16(19)22-17/h2-3,8-9,13-14H,4-7H2,1H3,(H,21,23). The van der Waals surface area contributed by atoms with Gasteiger partial charge in [-0.15, -0.1) is 0 Å². The average molecular weight is 344 g/mol. The Bertz CT molecular complexity index is 808. The molecule has 1 N–H and O–H groups in total. The quantitative estimate of drug-likeness (QED) is 0.866. The van der Waals surface area contributed by atoms with Gasteiger partial charge in [-0.05, 0) is 49.3 Å². The van der Waals surface area contributed by atoms with Gasteiger partial charge in [-0.25, -0.2) is 4.98 Å². The maximum atomic E-state index is 12.7. The highest BCUT2D eigenvalue weighted by molar-refractivity contribution is 6.30. The number of aromatic nitrogens is 1. The fourth-order valence-electron chi connectivity index (χ4n) is 3.15. The molecule has 6 heteroatoms. The molecule has 0 atom stereocenters. The number of nitrogens with zero attached hydrogens (tertiary/aromatic N) is 2. The first-order chi connectivity index (χ1) is 11.6. The van der Waals surface area contributed by atoms with Gasteiger partial charge in [0.05, 0.1) is 17.7 Å². The molecule has 2 aromatic rings. The molecular weight excluding hydrogens is 326 g/mol. The van der Waals surface area contributed by atoms with Gasteiger partial charge in [0.15, 0.2) is 0 Å². The number of nitriles is 1. The molecule has 1 amide bonds. The fourth-order valence-corrected chi connectivity index (χ4v) is 3.36. The van der Waals surface area contributed by atoms with E-state index >= 15 is 0 Å². The zero-order chi connectivity index (χ0) is 17.1. The van der Waals surface area contributed by atoms with Crippen LogP contribution in [0.4, 0.5) is 0 Å². The number of nitrogens with one attached hydrogen (secondary N) is 1. The minimum absolute atomic E-state index is 0.110. The largest absolute Gasteiger partial charge is 0.381 e. The molecule has 1 aliphatic carbocycles. The lowest BCUT2D eigenvalue weighted by Crippen LogP contribution is -2.39. The van der Waals surface area contributed by atoms with Crippen LogP contribution in [0.2, 0.25) is 5.15 Å². The lowest BCUT2D eigenvalue weighted by molar-refractivity contribution is 0.0598. The van der Waals surface area contributed by atoms with Crippen molar-refractivity contribution in [2.45, 2.75) is 37.8 Å². The molecule has 5 nitrogen and oxygen atoms in total. The van der Waals surface area contributed by atoms with Crippen molar-refractivity contribution in [3.05, 3.63) is 40.7 Å². The Labute approximate surface area is 145 Å². The Hall–Kier alpha value is -2.16. The number of amides is 1. The van der Waals surface area contributed by atoms with E-state index in [0.717, 1.165) is 31.1 Å². The number of benzene rings is 1. The Morgan fingerprint density at radius 1 is 1.33 bits per heavy atom. The van der Waals surface area contributed by atoms with Crippen molar-refractivity contribution >= 4 is 28.3 Å². The number of hydrogen-bond acceptors (Lipinski definition) is 4. The van der Waals surface area contributed by atoms with Crippen LogP contribution in [0.25, 0.3) is 10.8 Å². The van der Waals surface area contributed by atoms with Crippen LogP contribution < -0.4 is 5.32 Å². The maximum Gasteiger partial charge on any atom is 0.270 e. The molecule has 0 aliphatic heterocycles. The normalized spacial score (nSPS) is 20.5. The van der Waals surface area contributed by atoms with Crippen molar-refractivity contribution in [3.8, 4) is 6.07 Å². The van der Waals surface area contributed by atoms with Crippen LogP contribution in [0, 0.1) is 11.3 Å². The number of pyridine rings is 1. The molecule has 0 saturated heterocycles. The van der Waals surface area contributed by atoms with Crippen LogP contribution in [-0.4, -0.2) is 30.1 Å². The molecule has 1 aromatic carbocycles. The predicted octanol–water partition coefficient (Wildman–Crippen LogP) is 3.45. The first-order valence-corrected chi connectivity index (χ1v) is 8.32. The SMILES string of the molecule is COC1CCC(NC(=O)c2nc(Cl)cc3ccc(C#N)cc23)CC1. The summed E-state index contributed by atoms with van der Waals surface area (Å²) in [5.41, 5.74) is 0.754. The Morgan fingerprint density at radius 2 is 2.08 bits per heavy atom. The molecule has 1 aliphatic rings. The second-order valence-electron chi connectivity index (χ2n) is 6.02. The summed E-state index contributed by atoms with van der Waals surface area (Å²) in [6.07, 6.45) is 3.91. The van der Waals surface area contributed by atoms with Crippen molar-refractivity contribution in [2.75, 3.05) is 7.11 Å². The van der Waals surface area contributed by atoms with Crippen molar-refractivity contribution in [3.63, 3.8) is 0 Å². The van der Waals surface area contributed by atoms with Crippen LogP contribution in [0.5, 0.6) is 0 Å². The third kappa shape index (κ3) is 3.50. The molecule has 1 saturated carbocycles. The van der Waals surface area contributed by atoms with Crippen LogP contribution in [-0.2, 0) is 4.74 Å². The van der Waals surface area contributed by atoms with Gasteiger partial charge in [0.2, 0.25) is 0 Å². The van der Waals surface area contributed by atoms with E-state index < -0.39 is 0 Å². The maximum absolute atomic E-state index is 12.7. The van der Waals surface area contributed by atoms with Crippen molar-refractivity contribution < 1.29 is 9.53 Å². The van der Waals surface area contributed by atoms with Crippen LogP contribution in [0.1, 0.15) is 41.7 Å². The van der Waals surface area contributed by atoms with Gasteiger partial charge in [-0.1, -0.05) is 17.7 Å². The summed E-state index contributed by atoms with van der Waals surface area (Å²) in [7, 11) is 1.72. The number of halogens is 1. The lowest BCUT2D eigenvalue weighted by atomic mass is 9.93. The van der Waals surface area contributed by atoms with E-state index in [9.17, 15) is 4.79 Å². The number of methoxy groups -OCH3 is 1. The highest BCUT2D eigenvalue weighted by Gasteiger charge is 2.24. The van der Waals surface area contributed by atoms with Crippen molar-refractivity contribution in [2.24, 2.45) is 0 Å². The van der Waals surface area contributed by atoms with Crippen LogP contribution >= 0.6 is 11.6 Å². The van der Waals surface area contributed by atoms with Gasteiger partial charge in [0.25, 0.3) is 5.91 Å². The molecule has 1 aromatic heterocycles. The zero-order valence-electron chi connectivity index (χ0n) is 13.4. The van der Waals surface area contributed by atoms with Gasteiger partial charge in [-0.3, -0.25) is 4.79 Å². The van der Waals surface area contributed by atoms with Gasteiger partial charge in [0, 0.05) is 18.5 Å². The molecule has 0 unspecified atom stereocenters. The smallest absolute Gasteiger partial charge is 0.270 e. The fraction of sp³-hybridized carbons (Fsp3) is 0.389. The van der Waals surface area contributed by atoms with E-state index in [-0.39, 0.29) is 28.9 Å². The number of fused-ring (bicyclic) bond motifs is 1. The van der Waals surface area contributed by atoms with Crippen molar-refractivity contribution in [1.82, 2.24) is 10.3 Å². The number of carbonyl (C=O) groups excluding carboxylic acids is 1. The van der Waals surface area contributed by atoms with E-state index in [1.807, 2.05) is 0 Å². The number of carbonyl (C=O) groups is 1. The van der Waals surface area contributed by atoms with Crippen LogP contribution in [0.3, 0.4) is 0 Å². The molecule has 1 fully saturated rings. The van der Waals surface area contributed by atoms with Gasteiger partial charge < -0.3 is 10.1 Å². The molecule has 124 valence electrons. The summed E-state index contributed by atoms with van der Waals surface area (Å²) < 4.78 is 5.35. The van der Waals surface area contributed by atoms with E-state index in [1.165, 1.54) is 0 Å². The minimum atomic E-state index is -0.251. The topological polar surface area (TPSA) is 75.0 Å². The minimum Gasteiger partial charge on any atom is -0.381 e. The first kappa shape index (κ1) is 16.7. The van der Waals surface area contributed by atoms with Crippen LogP contribution in [0.15, 0.2) is 24.3 Å². The van der Waals surface area contributed by atoms with Gasteiger partial charge in [0.1, 0.15) is 10.8 Å². The molecule has 0 bridgehead atoms. The summed E-state index contributed by atoms with van der Waals surface area (Å²) in [5.74, 6) is -0.251. The summed E-state index contributed by atoms with van der Waals surface area (Å²) >= 11 is 6.05. The summed E-state index contributed by atoms with van der Waals surface area (Å²) in [4.78, 5) is 16.9. The Morgan fingerprint density at radius 3 is 2.75 bits per heavy atom. The Balaban J connectivity index is 1.85. The molecule has 24 heavy (non-hydrogen) atoms. The van der Waals surface area contributed by atoms with Gasteiger partial charge >= 0.3 is 0 Å².